The van der Waals surface area contributed by atoms with Crippen LogP contribution >= 0.6 is 0 Å². The van der Waals surface area contributed by atoms with Gasteiger partial charge in [0.05, 0.1) is 24.3 Å². The Morgan fingerprint density at radius 2 is 1.64 bits per heavy atom. The molecule has 0 aromatic heterocycles. The normalized spacial score (nSPS) is 14.1. The van der Waals surface area contributed by atoms with E-state index < -0.39 is 28.5 Å². The van der Waals surface area contributed by atoms with E-state index in [9.17, 15) is 18.0 Å². The molecule has 9 nitrogen and oxygen atoms in total. The van der Waals surface area contributed by atoms with Crippen LogP contribution in [0, 0.1) is 6.92 Å². The first kappa shape index (κ1) is 32.9. The molecule has 0 aliphatic heterocycles. The van der Waals surface area contributed by atoms with Gasteiger partial charge in [0, 0.05) is 12.6 Å². The lowest BCUT2D eigenvalue weighted by Gasteiger charge is -2.34. The Hall–Kier alpha value is -4.05. The third kappa shape index (κ3) is 8.11. The van der Waals surface area contributed by atoms with Crippen LogP contribution in [0.2, 0.25) is 0 Å². The van der Waals surface area contributed by atoms with E-state index >= 15 is 0 Å². The number of methoxy groups -OCH3 is 1. The Bertz CT molecular complexity index is 1500. The molecule has 1 aliphatic rings. The van der Waals surface area contributed by atoms with Gasteiger partial charge in [-0.1, -0.05) is 49.6 Å². The van der Waals surface area contributed by atoms with E-state index in [-0.39, 0.29) is 23.4 Å². The molecule has 10 heteroatoms. The van der Waals surface area contributed by atoms with Crippen molar-refractivity contribution in [3.05, 3.63) is 83.9 Å². The number of aryl methyl sites for hydroxylation is 1. The second-order valence-corrected chi connectivity index (χ2v) is 12.9. The van der Waals surface area contributed by atoms with E-state index in [1.165, 1.54) is 17.0 Å². The lowest BCUT2D eigenvalue weighted by molar-refractivity contribution is -0.140. The fourth-order valence-corrected chi connectivity index (χ4v) is 6.91. The van der Waals surface area contributed by atoms with Gasteiger partial charge in [0.25, 0.3) is 10.0 Å². The Morgan fingerprint density at radius 3 is 2.25 bits per heavy atom. The van der Waals surface area contributed by atoms with Crippen molar-refractivity contribution in [2.75, 3.05) is 24.6 Å². The van der Waals surface area contributed by atoms with Gasteiger partial charge in [-0.05, 0) is 87.2 Å². The van der Waals surface area contributed by atoms with Gasteiger partial charge in [-0.3, -0.25) is 13.9 Å². The second-order valence-electron chi connectivity index (χ2n) is 11.0. The van der Waals surface area contributed by atoms with Crippen LogP contribution in [0.4, 0.5) is 5.69 Å². The number of anilines is 1. The molecule has 1 fully saturated rings. The minimum absolute atomic E-state index is 0.0275. The number of nitrogens with zero attached hydrogens (tertiary/aromatic N) is 2. The maximum Gasteiger partial charge on any atom is 0.264 e. The lowest BCUT2D eigenvalue weighted by Crippen LogP contribution is -2.53. The number of carbonyl (C=O) groups is 2. The van der Waals surface area contributed by atoms with E-state index in [1.807, 2.05) is 45.0 Å². The zero-order valence-corrected chi connectivity index (χ0v) is 26.8. The SMILES string of the molecule is CCOc1ccc(S(=O)(=O)N(CC(=O)N(Cc2cccc(OC)c2)[C@@H](CC)C(=O)NC2CCCC2)c2ccc(C)cc2)cc1. The highest BCUT2D eigenvalue weighted by atomic mass is 32.2. The average molecular weight is 622 g/mol. The van der Waals surface area contributed by atoms with Gasteiger partial charge in [0.1, 0.15) is 24.1 Å². The Kier molecular flexibility index (Phi) is 11.3. The van der Waals surface area contributed by atoms with Gasteiger partial charge >= 0.3 is 0 Å². The molecular weight excluding hydrogens is 578 g/mol. The van der Waals surface area contributed by atoms with Crippen molar-refractivity contribution < 1.29 is 27.5 Å². The molecule has 3 aromatic rings. The highest BCUT2D eigenvalue weighted by molar-refractivity contribution is 7.92. The number of carbonyl (C=O) groups excluding carboxylic acids is 2. The third-order valence-electron chi connectivity index (χ3n) is 7.90. The summed E-state index contributed by atoms with van der Waals surface area (Å²) in [6.45, 7) is 5.69. The minimum atomic E-state index is -4.17. The van der Waals surface area contributed by atoms with Crippen molar-refractivity contribution >= 4 is 27.5 Å². The summed E-state index contributed by atoms with van der Waals surface area (Å²) in [5.41, 5.74) is 2.07. The van der Waals surface area contributed by atoms with Crippen molar-refractivity contribution in [1.82, 2.24) is 10.2 Å². The van der Waals surface area contributed by atoms with Gasteiger partial charge < -0.3 is 19.7 Å². The quantitative estimate of drug-likeness (QED) is 0.256. The van der Waals surface area contributed by atoms with Crippen molar-refractivity contribution in [1.29, 1.82) is 0 Å². The number of hydrogen-bond donors (Lipinski definition) is 1. The molecule has 1 atom stereocenters. The van der Waals surface area contributed by atoms with Crippen LogP contribution in [0.5, 0.6) is 11.5 Å². The number of hydrogen-bond acceptors (Lipinski definition) is 6. The van der Waals surface area contributed by atoms with Crippen molar-refractivity contribution in [3.8, 4) is 11.5 Å². The van der Waals surface area contributed by atoms with E-state index in [2.05, 4.69) is 5.32 Å². The van der Waals surface area contributed by atoms with Crippen LogP contribution in [0.1, 0.15) is 57.1 Å². The summed E-state index contributed by atoms with van der Waals surface area (Å²) in [5.74, 6) is 0.453. The van der Waals surface area contributed by atoms with Gasteiger partial charge in [0.2, 0.25) is 11.8 Å². The number of ether oxygens (including phenoxy) is 2. The molecule has 2 amide bonds. The van der Waals surface area contributed by atoms with Gasteiger partial charge in [0.15, 0.2) is 0 Å². The van der Waals surface area contributed by atoms with Crippen molar-refractivity contribution in [3.63, 3.8) is 0 Å². The molecule has 4 rings (SSSR count). The Labute approximate surface area is 261 Å². The first-order valence-corrected chi connectivity index (χ1v) is 16.6. The number of sulfonamides is 1. The third-order valence-corrected chi connectivity index (χ3v) is 9.69. The topological polar surface area (TPSA) is 105 Å². The van der Waals surface area contributed by atoms with Crippen LogP contribution in [0.15, 0.2) is 77.7 Å². The summed E-state index contributed by atoms with van der Waals surface area (Å²) in [5, 5.41) is 3.14. The fourth-order valence-electron chi connectivity index (χ4n) is 5.50. The van der Waals surface area contributed by atoms with E-state index in [0.717, 1.165) is 41.1 Å². The predicted molar refractivity (Wildman–Crippen MR) is 171 cm³/mol. The molecule has 0 bridgehead atoms. The summed E-state index contributed by atoms with van der Waals surface area (Å²) in [4.78, 5) is 29.4. The molecule has 1 aliphatic carbocycles. The minimum Gasteiger partial charge on any atom is -0.497 e. The highest BCUT2D eigenvalue weighted by Crippen LogP contribution is 2.27. The van der Waals surface area contributed by atoms with Gasteiger partial charge in [-0.25, -0.2) is 8.42 Å². The molecule has 44 heavy (non-hydrogen) atoms. The standard InChI is InChI=1S/C34H43N3O6S/c1-5-32(34(39)35-27-11-7-8-12-27)36(23-26-10-9-13-30(22-26)42-4)33(38)24-37(28-16-14-25(3)15-17-28)44(40,41)31-20-18-29(19-21-31)43-6-2/h9-10,13-22,27,32H,5-8,11-12,23-24H2,1-4H3,(H,35,39)/t32-/m0/s1. The van der Waals surface area contributed by atoms with Crippen LogP contribution in [-0.4, -0.2) is 57.5 Å². The maximum absolute atomic E-state index is 14.3. The van der Waals surface area contributed by atoms with Gasteiger partial charge in [-0.2, -0.15) is 0 Å². The summed E-state index contributed by atoms with van der Waals surface area (Å²) in [6, 6.07) is 19.7. The smallest absolute Gasteiger partial charge is 0.264 e. The maximum atomic E-state index is 14.3. The van der Waals surface area contributed by atoms with E-state index in [1.54, 1.807) is 43.5 Å². The molecule has 0 spiro atoms. The van der Waals surface area contributed by atoms with Crippen molar-refractivity contribution in [2.45, 2.75) is 76.4 Å². The Balaban J connectivity index is 1.71. The molecule has 1 saturated carbocycles. The number of benzene rings is 3. The lowest BCUT2D eigenvalue weighted by atomic mass is 10.1. The summed E-state index contributed by atoms with van der Waals surface area (Å²) < 4.78 is 40.2. The van der Waals surface area contributed by atoms with Crippen LogP contribution in [-0.2, 0) is 26.2 Å². The van der Waals surface area contributed by atoms with Crippen LogP contribution < -0.4 is 19.1 Å². The fraction of sp³-hybridized carbons (Fsp3) is 0.412. The summed E-state index contributed by atoms with van der Waals surface area (Å²) in [6.07, 6.45) is 4.30. The molecule has 3 aromatic carbocycles. The Morgan fingerprint density at radius 1 is 0.955 bits per heavy atom. The first-order chi connectivity index (χ1) is 21.2. The molecule has 236 valence electrons. The molecule has 1 N–H and O–H groups in total. The predicted octanol–water partition coefficient (Wildman–Crippen LogP) is 5.46. The monoisotopic (exact) mass is 621 g/mol. The molecule has 0 heterocycles. The number of nitrogens with one attached hydrogen (secondary N) is 1. The zero-order chi connectivity index (χ0) is 31.7. The van der Waals surface area contributed by atoms with Crippen LogP contribution in [0.25, 0.3) is 0 Å². The molecule has 0 unspecified atom stereocenters. The first-order valence-electron chi connectivity index (χ1n) is 15.2. The molecular formula is C34H43N3O6S. The molecule has 0 saturated heterocycles. The van der Waals surface area contributed by atoms with Crippen molar-refractivity contribution in [2.24, 2.45) is 0 Å². The van der Waals surface area contributed by atoms with E-state index in [4.69, 9.17) is 9.47 Å². The largest absolute Gasteiger partial charge is 0.497 e. The average Bonchev–Trinajstić information content (AvgIpc) is 3.53. The zero-order valence-electron chi connectivity index (χ0n) is 26.0. The van der Waals surface area contributed by atoms with Gasteiger partial charge in [-0.15, -0.1) is 0 Å². The number of amides is 2. The number of rotatable bonds is 14. The highest BCUT2D eigenvalue weighted by Gasteiger charge is 2.34. The summed E-state index contributed by atoms with van der Waals surface area (Å²) in [7, 11) is -2.61. The second kappa shape index (κ2) is 15.1. The van der Waals surface area contributed by atoms with E-state index in [0.29, 0.717) is 30.2 Å². The molecule has 0 radical (unpaired) electrons. The summed E-state index contributed by atoms with van der Waals surface area (Å²) >= 11 is 0. The van der Waals surface area contributed by atoms with Crippen LogP contribution in [0.3, 0.4) is 0 Å².